The highest BCUT2D eigenvalue weighted by atomic mass is 28.1. The monoisotopic (exact) mass is 256 g/mol. The minimum absolute atomic E-state index is 0.0151. The van der Waals surface area contributed by atoms with Crippen molar-refractivity contribution in [2.45, 2.75) is 76.4 Å². The Hall–Kier alpha value is -0.153. The topological polar surface area (TPSA) is 26.3 Å². The summed E-state index contributed by atoms with van der Waals surface area (Å²) < 4.78 is 5.82. The molecule has 0 amide bonds. The van der Waals surface area contributed by atoms with E-state index in [1.54, 1.807) is 0 Å². The second-order valence-corrected chi connectivity index (χ2v) is 7.46. The first-order valence-electron chi connectivity index (χ1n) is 7.32. The van der Waals surface area contributed by atoms with Crippen LogP contribution in [0.2, 0.25) is 0 Å². The molecule has 1 saturated heterocycles. The number of carbonyl (C=O) groups excluding carboxylic acids is 1. The van der Waals surface area contributed by atoms with Gasteiger partial charge in [0.15, 0.2) is 0 Å². The Kier molecular flexibility index (Phi) is 7.05. The number of ketones is 1. The Balaban J connectivity index is 2.11. The molecule has 1 aliphatic rings. The van der Waals surface area contributed by atoms with E-state index in [0.717, 1.165) is 36.1 Å². The third-order valence-electron chi connectivity index (χ3n) is 3.68. The van der Waals surface area contributed by atoms with Gasteiger partial charge in [-0.1, -0.05) is 32.6 Å². The van der Waals surface area contributed by atoms with E-state index in [9.17, 15) is 4.79 Å². The van der Waals surface area contributed by atoms with Gasteiger partial charge in [-0.3, -0.25) is 4.79 Å². The van der Waals surface area contributed by atoms with Gasteiger partial charge in [-0.15, -0.1) is 0 Å². The van der Waals surface area contributed by atoms with Crippen molar-refractivity contribution in [1.29, 1.82) is 0 Å². The van der Waals surface area contributed by atoms with Crippen LogP contribution < -0.4 is 0 Å². The molecule has 0 aliphatic carbocycles. The van der Waals surface area contributed by atoms with Crippen LogP contribution in [0.3, 0.4) is 0 Å². The van der Waals surface area contributed by atoms with Gasteiger partial charge in [0.05, 0.1) is 5.22 Å². The quantitative estimate of drug-likeness (QED) is 0.493. The van der Waals surface area contributed by atoms with Crippen LogP contribution in [0.15, 0.2) is 0 Å². The molecule has 0 radical (unpaired) electrons. The number of unbranched alkanes of at least 4 members (excludes halogenated alkanes) is 4. The normalized spacial score (nSPS) is 25.0. The molecule has 2 nitrogen and oxygen atoms in total. The Morgan fingerprint density at radius 2 is 2.00 bits per heavy atom. The smallest absolute Gasteiger partial charge is 0.135 e. The van der Waals surface area contributed by atoms with Crippen LogP contribution in [0.4, 0.5) is 0 Å². The molecule has 1 heterocycles. The average Bonchev–Trinajstić information content (AvgIpc) is 2.29. The summed E-state index contributed by atoms with van der Waals surface area (Å²) >= 11 is 0. The fraction of sp³-hybridized carbons (Fsp3) is 0.929. The summed E-state index contributed by atoms with van der Waals surface area (Å²) in [7, 11) is 0.995. The Labute approximate surface area is 109 Å². The van der Waals surface area contributed by atoms with E-state index in [2.05, 4.69) is 6.92 Å². The molecule has 17 heavy (non-hydrogen) atoms. The van der Waals surface area contributed by atoms with Crippen molar-refractivity contribution in [2.75, 3.05) is 6.61 Å². The van der Waals surface area contributed by atoms with Crippen molar-refractivity contribution in [3.05, 3.63) is 0 Å². The van der Waals surface area contributed by atoms with E-state index < -0.39 is 0 Å². The molecular weight excluding hydrogens is 228 g/mol. The lowest BCUT2D eigenvalue weighted by atomic mass is 10.00. The van der Waals surface area contributed by atoms with Gasteiger partial charge in [-0.25, -0.2) is 0 Å². The van der Waals surface area contributed by atoms with Crippen molar-refractivity contribution < 1.29 is 9.53 Å². The molecule has 0 bridgehead atoms. The SMILES string of the molecule is CCCCCCCC(=O)CC1([SiH3])CCCCO1. The molecule has 0 aromatic heterocycles. The van der Waals surface area contributed by atoms with Crippen LogP contribution >= 0.6 is 0 Å². The van der Waals surface area contributed by atoms with Gasteiger partial charge in [-0.2, -0.15) is 0 Å². The summed E-state index contributed by atoms with van der Waals surface area (Å²) in [6.45, 7) is 3.09. The molecule has 3 heteroatoms. The first-order valence-corrected chi connectivity index (χ1v) is 8.32. The van der Waals surface area contributed by atoms with Crippen LogP contribution in [-0.4, -0.2) is 27.9 Å². The number of ether oxygens (including phenoxy) is 1. The molecule has 0 saturated carbocycles. The average molecular weight is 256 g/mol. The maximum atomic E-state index is 11.9. The second-order valence-electron chi connectivity index (χ2n) is 5.64. The van der Waals surface area contributed by atoms with Crippen LogP contribution in [0, 0.1) is 0 Å². The third kappa shape index (κ3) is 6.37. The van der Waals surface area contributed by atoms with E-state index in [4.69, 9.17) is 4.74 Å². The fourth-order valence-electron chi connectivity index (χ4n) is 2.56. The van der Waals surface area contributed by atoms with E-state index in [0.29, 0.717) is 12.2 Å². The standard InChI is InChI=1S/C14H28O2Si/c1-2-3-4-5-6-9-13(15)12-14(17)10-7-8-11-16-14/h2-12H2,1,17H3. The molecule has 1 fully saturated rings. The van der Waals surface area contributed by atoms with Crippen LogP contribution in [0.1, 0.15) is 71.1 Å². The first kappa shape index (κ1) is 14.9. The van der Waals surface area contributed by atoms with Gasteiger partial charge in [0.25, 0.3) is 0 Å². The second kappa shape index (κ2) is 8.04. The first-order chi connectivity index (χ1) is 8.16. The minimum atomic E-state index is -0.0151. The van der Waals surface area contributed by atoms with Gasteiger partial charge >= 0.3 is 0 Å². The number of carbonyl (C=O) groups is 1. The highest BCUT2D eigenvalue weighted by Crippen LogP contribution is 2.26. The number of Topliss-reactive ketones (excluding diaryl/α,β-unsaturated/α-hetero) is 1. The van der Waals surface area contributed by atoms with Crippen molar-refractivity contribution >= 4 is 16.0 Å². The highest BCUT2D eigenvalue weighted by molar-refractivity contribution is 6.16. The summed E-state index contributed by atoms with van der Waals surface area (Å²) in [5, 5.41) is -0.0151. The molecule has 1 aliphatic heterocycles. The summed E-state index contributed by atoms with van der Waals surface area (Å²) in [5.41, 5.74) is 0. The lowest BCUT2D eigenvalue weighted by Crippen LogP contribution is -2.38. The van der Waals surface area contributed by atoms with Crippen LogP contribution in [0.25, 0.3) is 0 Å². The summed E-state index contributed by atoms with van der Waals surface area (Å²) in [5.74, 6) is 0.429. The molecule has 100 valence electrons. The Bertz CT molecular complexity index is 222. The van der Waals surface area contributed by atoms with Gasteiger partial charge in [0.1, 0.15) is 5.78 Å². The van der Waals surface area contributed by atoms with E-state index in [-0.39, 0.29) is 5.22 Å². The minimum Gasteiger partial charge on any atom is -0.379 e. The molecule has 0 N–H and O–H groups in total. The number of hydrogen-bond acceptors (Lipinski definition) is 2. The molecule has 1 unspecified atom stereocenters. The zero-order valence-corrected chi connectivity index (χ0v) is 13.6. The van der Waals surface area contributed by atoms with Crippen molar-refractivity contribution in [1.82, 2.24) is 0 Å². The largest absolute Gasteiger partial charge is 0.379 e. The summed E-state index contributed by atoms with van der Waals surface area (Å²) in [4.78, 5) is 11.9. The Morgan fingerprint density at radius 3 is 2.65 bits per heavy atom. The van der Waals surface area contributed by atoms with Crippen molar-refractivity contribution in [2.24, 2.45) is 0 Å². The maximum absolute atomic E-state index is 11.9. The molecule has 0 aromatic rings. The van der Waals surface area contributed by atoms with Crippen molar-refractivity contribution in [3.63, 3.8) is 0 Å². The van der Waals surface area contributed by atoms with Gasteiger partial charge in [0, 0.05) is 29.7 Å². The van der Waals surface area contributed by atoms with Gasteiger partial charge in [-0.05, 0) is 25.7 Å². The molecule has 0 aromatic carbocycles. The molecule has 1 rings (SSSR count). The molecule has 0 spiro atoms. The maximum Gasteiger partial charge on any atom is 0.135 e. The lowest BCUT2D eigenvalue weighted by molar-refractivity contribution is -0.124. The molecule has 1 atom stereocenters. The zero-order chi connectivity index (χ0) is 12.6. The van der Waals surface area contributed by atoms with E-state index in [1.165, 1.54) is 38.5 Å². The van der Waals surface area contributed by atoms with Crippen LogP contribution in [-0.2, 0) is 9.53 Å². The van der Waals surface area contributed by atoms with Gasteiger partial charge < -0.3 is 4.74 Å². The predicted molar refractivity (Wildman–Crippen MR) is 75.5 cm³/mol. The zero-order valence-electron chi connectivity index (χ0n) is 11.6. The highest BCUT2D eigenvalue weighted by Gasteiger charge is 2.29. The van der Waals surface area contributed by atoms with E-state index in [1.807, 2.05) is 0 Å². The Morgan fingerprint density at radius 1 is 1.24 bits per heavy atom. The number of rotatable bonds is 8. The fourth-order valence-corrected chi connectivity index (χ4v) is 3.51. The summed E-state index contributed by atoms with van der Waals surface area (Å²) in [6.07, 6.45) is 11.2. The lowest BCUT2D eigenvalue weighted by Gasteiger charge is -2.33. The third-order valence-corrected chi connectivity index (χ3v) is 4.82. The van der Waals surface area contributed by atoms with Crippen molar-refractivity contribution in [3.8, 4) is 0 Å². The molecular formula is C14H28O2Si. The van der Waals surface area contributed by atoms with Gasteiger partial charge in [0.2, 0.25) is 0 Å². The van der Waals surface area contributed by atoms with E-state index >= 15 is 0 Å². The predicted octanol–water partition coefficient (Wildman–Crippen LogP) is 2.57. The summed E-state index contributed by atoms with van der Waals surface area (Å²) in [6, 6.07) is 0. The van der Waals surface area contributed by atoms with Crippen LogP contribution in [0.5, 0.6) is 0 Å². The number of hydrogen-bond donors (Lipinski definition) is 0.